The van der Waals surface area contributed by atoms with E-state index in [9.17, 15) is 9.59 Å². The molecule has 0 aliphatic carbocycles. The number of nitrogens with one attached hydrogen (secondary N) is 1. The lowest BCUT2D eigenvalue weighted by Crippen LogP contribution is -2.39. The molecule has 5 rings (SSSR count). The number of carbonyl (C=O) groups excluding carboxylic acids is 2. The zero-order valence-corrected chi connectivity index (χ0v) is 23.3. The number of piperidine rings is 1. The predicted molar refractivity (Wildman–Crippen MR) is 151 cm³/mol. The third kappa shape index (κ3) is 5.55. The second-order valence-corrected chi connectivity index (χ2v) is 11.6. The van der Waals surface area contributed by atoms with Gasteiger partial charge in [-0.25, -0.2) is 9.97 Å². The van der Waals surface area contributed by atoms with E-state index in [1.54, 1.807) is 19.4 Å². The van der Waals surface area contributed by atoms with Gasteiger partial charge in [-0.15, -0.1) is 0 Å². The summed E-state index contributed by atoms with van der Waals surface area (Å²) in [6, 6.07) is 6.47. The van der Waals surface area contributed by atoms with Gasteiger partial charge in [-0.05, 0) is 61.6 Å². The summed E-state index contributed by atoms with van der Waals surface area (Å²) in [6.07, 6.45) is 6.48. The molecular weight excluding hydrogens is 476 g/mol. The standard InChI is InChI=1S/C30H42N6O2/c1-5-20(2)29(37)26-12-25(7-6-21(26)3)36-18-23-16-34(17-24(23)19-36)15-22-8-10-35(11-9-22)28-14-32-27(13-33-28)30(38)31-4/h6-7,12-14,20,22-24H,5,8-11,15-19H2,1-4H3,(H,31,38). The van der Waals surface area contributed by atoms with Crippen LogP contribution < -0.4 is 15.1 Å². The van der Waals surface area contributed by atoms with Crippen LogP contribution in [0.5, 0.6) is 0 Å². The Morgan fingerprint density at radius 1 is 1.03 bits per heavy atom. The van der Waals surface area contributed by atoms with Gasteiger partial charge in [0.25, 0.3) is 5.91 Å². The van der Waals surface area contributed by atoms with Crippen LogP contribution in [0, 0.1) is 30.6 Å². The van der Waals surface area contributed by atoms with Crippen LogP contribution in [0.3, 0.4) is 0 Å². The molecule has 3 aliphatic rings. The number of aryl methyl sites for hydroxylation is 1. The number of likely N-dealkylation sites (tertiary alicyclic amines) is 1. The first-order valence-electron chi connectivity index (χ1n) is 14.3. The molecule has 8 heteroatoms. The van der Waals surface area contributed by atoms with Gasteiger partial charge in [0, 0.05) is 70.0 Å². The molecule has 3 saturated heterocycles. The third-order valence-electron chi connectivity index (χ3n) is 9.03. The highest BCUT2D eigenvalue weighted by Gasteiger charge is 2.40. The molecule has 1 aromatic heterocycles. The van der Waals surface area contributed by atoms with Crippen LogP contribution in [-0.2, 0) is 0 Å². The van der Waals surface area contributed by atoms with Gasteiger partial charge in [-0.1, -0.05) is 19.9 Å². The van der Waals surface area contributed by atoms with Crippen LogP contribution in [0.25, 0.3) is 0 Å². The van der Waals surface area contributed by atoms with Crippen LogP contribution in [0.15, 0.2) is 30.6 Å². The number of Topliss-reactive ketones (excluding diaryl/α,β-unsaturated/α-hetero) is 1. The molecule has 3 unspecified atom stereocenters. The fourth-order valence-corrected chi connectivity index (χ4v) is 6.41. The first-order chi connectivity index (χ1) is 18.4. The van der Waals surface area contributed by atoms with Crippen molar-refractivity contribution in [1.29, 1.82) is 0 Å². The molecule has 4 heterocycles. The summed E-state index contributed by atoms with van der Waals surface area (Å²) in [5.74, 6) is 3.13. The molecule has 3 fully saturated rings. The van der Waals surface area contributed by atoms with E-state index in [1.165, 1.54) is 25.3 Å². The lowest BCUT2D eigenvalue weighted by Gasteiger charge is -2.34. The van der Waals surface area contributed by atoms with Gasteiger partial charge in [-0.2, -0.15) is 0 Å². The summed E-state index contributed by atoms with van der Waals surface area (Å²) in [5, 5.41) is 2.58. The molecule has 204 valence electrons. The Morgan fingerprint density at radius 3 is 2.34 bits per heavy atom. The van der Waals surface area contributed by atoms with Gasteiger partial charge in [-0.3, -0.25) is 9.59 Å². The van der Waals surface area contributed by atoms with Crippen molar-refractivity contribution < 1.29 is 9.59 Å². The molecule has 1 N–H and O–H groups in total. The van der Waals surface area contributed by atoms with E-state index >= 15 is 0 Å². The van der Waals surface area contributed by atoms with Gasteiger partial charge in [0.1, 0.15) is 11.5 Å². The number of benzene rings is 1. The number of fused-ring (bicyclic) bond motifs is 1. The maximum atomic E-state index is 12.9. The molecule has 0 spiro atoms. The molecular formula is C30H42N6O2. The van der Waals surface area contributed by atoms with E-state index in [4.69, 9.17) is 0 Å². The number of hydrogen-bond donors (Lipinski definition) is 1. The van der Waals surface area contributed by atoms with Gasteiger partial charge in [0.2, 0.25) is 0 Å². The maximum absolute atomic E-state index is 12.9. The van der Waals surface area contributed by atoms with Gasteiger partial charge in [0.15, 0.2) is 5.78 Å². The van der Waals surface area contributed by atoms with E-state index in [1.807, 2.05) is 6.92 Å². The van der Waals surface area contributed by atoms with E-state index in [-0.39, 0.29) is 17.6 Å². The first-order valence-corrected chi connectivity index (χ1v) is 14.3. The monoisotopic (exact) mass is 518 g/mol. The largest absolute Gasteiger partial charge is 0.371 e. The number of aromatic nitrogens is 2. The van der Waals surface area contributed by atoms with E-state index in [0.29, 0.717) is 23.4 Å². The second-order valence-electron chi connectivity index (χ2n) is 11.6. The highest BCUT2D eigenvalue weighted by Crippen LogP contribution is 2.36. The molecule has 2 aromatic rings. The van der Waals surface area contributed by atoms with E-state index < -0.39 is 0 Å². The highest BCUT2D eigenvalue weighted by atomic mass is 16.1. The lowest BCUT2D eigenvalue weighted by molar-refractivity contribution is 0.0925. The van der Waals surface area contributed by atoms with E-state index in [0.717, 1.165) is 62.4 Å². The zero-order chi connectivity index (χ0) is 26.8. The van der Waals surface area contributed by atoms with Gasteiger partial charge >= 0.3 is 0 Å². The molecule has 1 aromatic carbocycles. The summed E-state index contributed by atoms with van der Waals surface area (Å²) in [7, 11) is 1.60. The zero-order valence-electron chi connectivity index (χ0n) is 23.3. The smallest absolute Gasteiger partial charge is 0.271 e. The number of hydrogen-bond acceptors (Lipinski definition) is 7. The van der Waals surface area contributed by atoms with Crippen molar-refractivity contribution in [2.75, 3.05) is 62.7 Å². The molecule has 8 nitrogen and oxygen atoms in total. The Balaban J connectivity index is 1.10. The van der Waals surface area contributed by atoms with Gasteiger partial charge < -0.3 is 20.0 Å². The predicted octanol–water partition coefficient (Wildman–Crippen LogP) is 3.66. The summed E-state index contributed by atoms with van der Waals surface area (Å²) in [6.45, 7) is 13.9. The molecule has 1 amide bonds. The number of anilines is 2. The normalized spacial score (nSPS) is 22.9. The van der Waals surface area contributed by atoms with Crippen molar-refractivity contribution >= 4 is 23.2 Å². The average molecular weight is 519 g/mol. The summed E-state index contributed by atoms with van der Waals surface area (Å²) < 4.78 is 0. The van der Waals surface area contributed by atoms with Gasteiger partial charge in [0.05, 0.1) is 12.4 Å². The fourth-order valence-electron chi connectivity index (χ4n) is 6.41. The second kappa shape index (κ2) is 11.4. The van der Waals surface area contributed by atoms with Crippen molar-refractivity contribution in [3.05, 3.63) is 47.4 Å². The Morgan fingerprint density at radius 2 is 1.74 bits per heavy atom. The lowest BCUT2D eigenvalue weighted by atomic mass is 9.93. The Hall–Kier alpha value is -3.00. The molecule has 38 heavy (non-hydrogen) atoms. The minimum Gasteiger partial charge on any atom is -0.371 e. The quantitative estimate of drug-likeness (QED) is 0.534. The number of amides is 1. The van der Waals surface area contributed by atoms with Crippen LogP contribution in [0.4, 0.5) is 11.5 Å². The Labute approximate surface area is 226 Å². The summed E-state index contributed by atoms with van der Waals surface area (Å²) in [4.78, 5) is 40.8. The topological polar surface area (TPSA) is 81.7 Å². The fraction of sp³-hybridized carbons (Fsp3) is 0.600. The number of rotatable bonds is 8. The first kappa shape index (κ1) is 26.6. The van der Waals surface area contributed by atoms with Crippen molar-refractivity contribution in [1.82, 2.24) is 20.2 Å². The molecule has 0 radical (unpaired) electrons. The molecule has 0 saturated carbocycles. The highest BCUT2D eigenvalue weighted by molar-refractivity contribution is 5.99. The maximum Gasteiger partial charge on any atom is 0.271 e. The van der Waals surface area contributed by atoms with Crippen LogP contribution in [0.1, 0.15) is 59.5 Å². The Bertz CT molecular complexity index is 1130. The number of nitrogens with zero attached hydrogens (tertiary/aromatic N) is 5. The van der Waals surface area contributed by atoms with Crippen molar-refractivity contribution in [3.63, 3.8) is 0 Å². The molecule has 3 aliphatic heterocycles. The van der Waals surface area contributed by atoms with Crippen LogP contribution in [-0.4, -0.2) is 79.4 Å². The van der Waals surface area contributed by atoms with Crippen molar-refractivity contribution in [3.8, 4) is 0 Å². The summed E-state index contributed by atoms with van der Waals surface area (Å²) in [5.41, 5.74) is 3.55. The summed E-state index contributed by atoms with van der Waals surface area (Å²) >= 11 is 0. The van der Waals surface area contributed by atoms with Crippen molar-refractivity contribution in [2.24, 2.45) is 23.7 Å². The average Bonchev–Trinajstić information content (AvgIpc) is 3.51. The van der Waals surface area contributed by atoms with Crippen LogP contribution >= 0.6 is 0 Å². The molecule has 3 atom stereocenters. The van der Waals surface area contributed by atoms with Crippen LogP contribution in [0.2, 0.25) is 0 Å². The number of carbonyl (C=O) groups is 2. The molecule has 0 bridgehead atoms. The van der Waals surface area contributed by atoms with E-state index in [2.05, 4.69) is 62.0 Å². The SMILES string of the molecule is CCC(C)C(=O)c1cc(N2CC3CN(CC4CCN(c5cnc(C(=O)NC)cn5)CC4)CC3C2)ccc1C. The number of ketones is 1. The minimum atomic E-state index is -0.207. The Kier molecular flexibility index (Phi) is 7.98. The third-order valence-corrected chi connectivity index (χ3v) is 9.03. The minimum absolute atomic E-state index is 0.0739. The van der Waals surface area contributed by atoms with Crippen molar-refractivity contribution in [2.45, 2.75) is 40.0 Å².